The zero-order valence-electron chi connectivity index (χ0n) is 13.1. The van der Waals surface area contributed by atoms with Gasteiger partial charge in [-0.05, 0) is 31.0 Å². The molecular formula is C17H17N3O3S. The first-order valence-corrected chi connectivity index (χ1v) is 8.90. The van der Waals surface area contributed by atoms with E-state index in [9.17, 15) is 9.59 Å². The van der Waals surface area contributed by atoms with Crippen LogP contribution in [0.15, 0.2) is 29.1 Å². The number of carbonyl (C=O) groups excluding carboxylic acids is 2. The van der Waals surface area contributed by atoms with Gasteiger partial charge in [0, 0.05) is 24.0 Å². The third-order valence-electron chi connectivity index (χ3n) is 4.38. The van der Waals surface area contributed by atoms with Crippen LogP contribution >= 0.6 is 11.3 Å². The van der Waals surface area contributed by atoms with Crippen LogP contribution in [0.4, 0.5) is 5.69 Å². The molecule has 6 nitrogen and oxygen atoms in total. The molecule has 0 aliphatic carbocycles. The summed E-state index contributed by atoms with van der Waals surface area (Å²) in [6.45, 7) is 1.60. The lowest BCUT2D eigenvalue weighted by molar-refractivity contribution is -0.131. The van der Waals surface area contributed by atoms with Gasteiger partial charge >= 0.3 is 0 Å². The van der Waals surface area contributed by atoms with Crippen LogP contribution in [0.3, 0.4) is 0 Å². The first-order chi connectivity index (χ1) is 11.7. The van der Waals surface area contributed by atoms with E-state index in [4.69, 9.17) is 4.74 Å². The van der Waals surface area contributed by atoms with Crippen molar-refractivity contribution in [1.29, 1.82) is 0 Å². The third-order valence-corrected chi connectivity index (χ3v) is 4.97. The molecule has 0 unspecified atom stereocenters. The maximum Gasteiger partial charge on any atom is 0.265 e. The SMILES string of the molecule is O=C(CN1C(=O)COc2ccc(-c3cscn3)cc21)N1CCCC1. The first-order valence-electron chi connectivity index (χ1n) is 7.96. The number of hydrogen-bond acceptors (Lipinski definition) is 5. The van der Waals surface area contributed by atoms with Gasteiger partial charge in [0.15, 0.2) is 6.61 Å². The van der Waals surface area contributed by atoms with Gasteiger partial charge in [0.25, 0.3) is 5.91 Å². The fraction of sp³-hybridized carbons (Fsp3) is 0.353. The van der Waals surface area contributed by atoms with Gasteiger partial charge < -0.3 is 9.64 Å². The lowest BCUT2D eigenvalue weighted by Gasteiger charge is -2.30. The molecule has 24 heavy (non-hydrogen) atoms. The van der Waals surface area contributed by atoms with E-state index in [0.717, 1.165) is 37.2 Å². The van der Waals surface area contributed by atoms with Crippen LogP contribution in [-0.4, -0.2) is 47.9 Å². The smallest absolute Gasteiger partial charge is 0.265 e. The number of anilines is 1. The molecule has 0 spiro atoms. The maximum absolute atomic E-state index is 12.5. The van der Waals surface area contributed by atoms with Crippen molar-refractivity contribution in [2.75, 3.05) is 31.1 Å². The molecule has 2 aliphatic heterocycles. The number of rotatable bonds is 3. The molecule has 2 aromatic rings. The molecule has 0 radical (unpaired) electrons. The highest BCUT2D eigenvalue weighted by Gasteiger charge is 2.30. The van der Waals surface area contributed by atoms with Gasteiger partial charge in [-0.1, -0.05) is 0 Å². The van der Waals surface area contributed by atoms with E-state index in [-0.39, 0.29) is 25.0 Å². The quantitative estimate of drug-likeness (QED) is 0.857. The summed E-state index contributed by atoms with van der Waals surface area (Å²) in [5.74, 6) is 0.432. The van der Waals surface area contributed by atoms with E-state index in [0.29, 0.717) is 11.4 Å². The summed E-state index contributed by atoms with van der Waals surface area (Å²) in [4.78, 5) is 32.5. The Morgan fingerprint density at radius 1 is 1.29 bits per heavy atom. The number of aromatic nitrogens is 1. The second kappa shape index (κ2) is 6.24. The molecule has 2 aliphatic rings. The standard InChI is InChI=1S/C17H17N3O3S/c21-16(19-5-1-2-6-19)8-20-14-7-12(13-10-24-11-18-13)3-4-15(14)23-9-17(20)22/h3-4,7,10-11H,1-2,5-6,8-9H2. The number of nitrogens with zero attached hydrogens (tertiary/aromatic N) is 3. The number of likely N-dealkylation sites (tertiary alicyclic amines) is 1. The molecule has 0 atom stereocenters. The molecule has 124 valence electrons. The van der Waals surface area contributed by atoms with E-state index in [1.807, 2.05) is 28.5 Å². The van der Waals surface area contributed by atoms with Gasteiger partial charge in [-0.15, -0.1) is 11.3 Å². The Labute approximate surface area is 143 Å². The second-order valence-corrected chi connectivity index (χ2v) is 6.63. The van der Waals surface area contributed by atoms with Crippen LogP contribution in [-0.2, 0) is 9.59 Å². The van der Waals surface area contributed by atoms with Gasteiger partial charge in [-0.2, -0.15) is 0 Å². The van der Waals surface area contributed by atoms with Crippen LogP contribution in [0.2, 0.25) is 0 Å². The molecule has 4 rings (SSSR count). The van der Waals surface area contributed by atoms with E-state index in [1.54, 1.807) is 5.51 Å². The Hall–Kier alpha value is -2.41. The number of thiazole rings is 1. The van der Waals surface area contributed by atoms with Crippen LogP contribution < -0.4 is 9.64 Å². The van der Waals surface area contributed by atoms with Gasteiger partial charge in [0.05, 0.1) is 16.9 Å². The van der Waals surface area contributed by atoms with Crippen molar-refractivity contribution in [2.45, 2.75) is 12.8 Å². The van der Waals surface area contributed by atoms with Crippen molar-refractivity contribution in [3.8, 4) is 17.0 Å². The molecule has 1 fully saturated rings. The van der Waals surface area contributed by atoms with Crippen molar-refractivity contribution >= 4 is 28.8 Å². The third kappa shape index (κ3) is 2.75. The van der Waals surface area contributed by atoms with Crippen LogP contribution in [0.1, 0.15) is 12.8 Å². The van der Waals surface area contributed by atoms with E-state index < -0.39 is 0 Å². The fourth-order valence-electron chi connectivity index (χ4n) is 3.09. The Balaban J connectivity index is 1.64. The van der Waals surface area contributed by atoms with Crippen molar-refractivity contribution in [3.63, 3.8) is 0 Å². The highest BCUT2D eigenvalue weighted by molar-refractivity contribution is 7.07. The number of carbonyl (C=O) groups is 2. The van der Waals surface area contributed by atoms with Gasteiger partial charge in [0.1, 0.15) is 12.3 Å². The molecule has 1 aromatic heterocycles. The van der Waals surface area contributed by atoms with Crippen molar-refractivity contribution in [2.24, 2.45) is 0 Å². The van der Waals surface area contributed by atoms with Crippen LogP contribution in [0.5, 0.6) is 5.75 Å². The Morgan fingerprint density at radius 2 is 2.12 bits per heavy atom. The molecule has 1 aromatic carbocycles. The van der Waals surface area contributed by atoms with Gasteiger partial charge in [-0.3, -0.25) is 14.5 Å². The molecular weight excluding hydrogens is 326 g/mol. The fourth-order valence-corrected chi connectivity index (χ4v) is 3.65. The van der Waals surface area contributed by atoms with Gasteiger partial charge in [0.2, 0.25) is 5.91 Å². The number of hydrogen-bond donors (Lipinski definition) is 0. The molecule has 7 heteroatoms. The highest BCUT2D eigenvalue weighted by atomic mass is 32.1. The molecule has 3 heterocycles. The molecule has 2 amide bonds. The zero-order valence-corrected chi connectivity index (χ0v) is 13.9. The summed E-state index contributed by atoms with van der Waals surface area (Å²) in [6.07, 6.45) is 2.07. The molecule has 1 saturated heterocycles. The number of fused-ring (bicyclic) bond motifs is 1. The molecule has 0 saturated carbocycles. The largest absolute Gasteiger partial charge is 0.482 e. The summed E-state index contributed by atoms with van der Waals surface area (Å²) < 4.78 is 5.51. The normalized spacial score (nSPS) is 16.9. The van der Waals surface area contributed by atoms with Crippen LogP contribution in [0, 0.1) is 0 Å². The van der Waals surface area contributed by atoms with Crippen molar-refractivity contribution in [3.05, 3.63) is 29.1 Å². The predicted molar refractivity (Wildman–Crippen MR) is 91.2 cm³/mol. The molecule has 0 N–H and O–H groups in total. The topological polar surface area (TPSA) is 62.7 Å². The first kappa shape index (κ1) is 15.1. The average molecular weight is 343 g/mol. The van der Waals surface area contributed by atoms with E-state index in [1.165, 1.54) is 16.2 Å². The minimum absolute atomic E-state index is 0.00670. The number of ether oxygens (including phenoxy) is 1. The number of benzene rings is 1. The lowest BCUT2D eigenvalue weighted by atomic mass is 10.1. The summed E-state index contributed by atoms with van der Waals surface area (Å²) in [7, 11) is 0. The summed E-state index contributed by atoms with van der Waals surface area (Å²) >= 11 is 1.52. The highest BCUT2D eigenvalue weighted by Crippen LogP contribution is 2.36. The van der Waals surface area contributed by atoms with Crippen LogP contribution in [0.25, 0.3) is 11.3 Å². The lowest BCUT2D eigenvalue weighted by Crippen LogP contribution is -2.45. The predicted octanol–water partition coefficient (Wildman–Crippen LogP) is 2.16. The second-order valence-electron chi connectivity index (χ2n) is 5.91. The van der Waals surface area contributed by atoms with E-state index in [2.05, 4.69) is 4.98 Å². The zero-order chi connectivity index (χ0) is 16.5. The Kier molecular flexibility index (Phi) is 3.93. The maximum atomic E-state index is 12.5. The summed E-state index contributed by atoms with van der Waals surface area (Å²) in [6, 6.07) is 5.63. The van der Waals surface area contributed by atoms with Gasteiger partial charge in [-0.25, -0.2) is 4.98 Å². The summed E-state index contributed by atoms with van der Waals surface area (Å²) in [5.41, 5.74) is 4.17. The minimum atomic E-state index is -0.189. The monoisotopic (exact) mass is 343 g/mol. The number of amides is 2. The Morgan fingerprint density at radius 3 is 2.88 bits per heavy atom. The Bertz CT molecular complexity index is 769. The average Bonchev–Trinajstić information content (AvgIpc) is 3.30. The molecule has 0 bridgehead atoms. The van der Waals surface area contributed by atoms with Crippen molar-refractivity contribution < 1.29 is 14.3 Å². The van der Waals surface area contributed by atoms with Crippen molar-refractivity contribution in [1.82, 2.24) is 9.88 Å². The minimum Gasteiger partial charge on any atom is -0.482 e. The summed E-state index contributed by atoms with van der Waals surface area (Å²) in [5, 5.41) is 1.95. The van der Waals surface area contributed by atoms with E-state index >= 15 is 0 Å².